The van der Waals surface area contributed by atoms with Crippen molar-refractivity contribution in [2.24, 2.45) is 11.5 Å². The summed E-state index contributed by atoms with van der Waals surface area (Å²) in [5.74, 6) is -6.16. The van der Waals surface area contributed by atoms with Gasteiger partial charge < -0.3 is 48.3 Å². The maximum absolute atomic E-state index is 13.2. The van der Waals surface area contributed by atoms with Gasteiger partial charge in [0.2, 0.25) is 29.5 Å². The molecule has 0 saturated carbocycles. The van der Waals surface area contributed by atoms with E-state index in [0.29, 0.717) is 12.1 Å². The number of unbranched alkanes of at least 4 members (excludes halogenated alkanes) is 1. The predicted octanol–water partition coefficient (Wildman–Crippen LogP) is -3.41. The van der Waals surface area contributed by atoms with Crippen LogP contribution in [0.4, 0.5) is 0 Å². The Labute approximate surface area is 224 Å². The second-order valence-corrected chi connectivity index (χ2v) is 10.2. The lowest BCUT2D eigenvalue weighted by Crippen LogP contribution is -2.60. The van der Waals surface area contributed by atoms with Crippen LogP contribution in [0.5, 0.6) is 0 Å². The zero-order valence-corrected chi connectivity index (χ0v) is 22.2. The Balaban J connectivity index is 3.58. The number of carbonyl (C=O) groups excluding carboxylic acids is 5. The first-order chi connectivity index (χ1) is 17.8. The van der Waals surface area contributed by atoms with Gasteiger partial charge in [0.05, 0.1) is 13.0 Å². The number of primary amides is 1. The first-order valence-electron chi connectivity index (χ1n) is 11.9. The Bertz CT molecular complexity index is 933. The van der Waals surface area contributed by atoms with E-state index in [9.17, 15) is 39.0 Å². The number of nitrogens with one attached hydrogen (secondary N) is 5. The third-order valence-electron chi connectivity index (χ3n) is 5.49. The summed E-state index contributed by atoms with van der Waals surface area (Å²) >= 11 is 0.720. The molecule has 3 unspecified atom stereocenters. The SMILES string of the molecule is C=C(C)N[C@H]1CS[C@](CCCCN)(C(=O)O)NC(=O)C(CC(N)=O)NC(=O)C(C)NC(=O)C(CO)NC1=O. The van der Waals surface area contributed by atoms with E-state index in [1.54, 1.807) is 6.92 Å². The number of carboxylic acids is 1. The molecule has 1 aliphatic rings. The predicted molar refractivity (Wildman–Crippen MR) is 138 cm³/mol. The van der Waals surface area contributed by atoms with Crippen molar-refractivity contribution < 1.29 is 39.0 Å². The summed E-state index contributed by atoms with van der Waals surface area (Å²) in [6.45, 7) is 5.98. The van der Waals surface area contributed by atoms with Crippen LogP contribution in [0.1, 0.15) is 39.5 Å². The molecule has 5 amide bonds. The largest absolute Gasteiger partial charge is 0.479 e. The first-order valence-corrected chi connectivity index (χ1v) is 12.9. The standard InChI is InChI=1S/C22H37N7O8S/c1-11(2)25-15-10-38-22(21(36)37,6-4-5-7-23)29-20(35)13(8-16(24)31)27-17(32)12(3)26-18(33)14(9-30)28-19(15)34/h12-15,25,30H,1,4-10,23H2,2-3H3,(H2,24,31)(H,26,33)(H,27,32)(H,28,34)(H,29,35)(H,36,37)/t12?,13?,14?,15-,22+/m0/s1. The molecule has 1 fully saturated rings. The van der Waals surface area contributed by atoms with E-state index in [1.165, 1.54) is 6.92 Å². The van der Waals surface area contributed by atoms with Crippen LogP contribution in [-0.2, 0) is 28.8 Å². The summed E-state index contributed by atoms with van der Waals surface area (Å²) in [5.41, 5.74) is 11.1. The summed E-state index contributed by atoms with van der Waals surface area (Å²) in [6.07, 6.45) is -0.0368. The second kappa shape index (κ2) is 15.1. The van der Waals surface area contributed by atoms with Gasteiger partial charge in [0.15, 0.2) is 4.87 Å². The van der Waals surface area contributed by atoms with Crippen LogP contribution in [0, 0.1) is 0 Å². The highest BCUT2D eigenvalue weighted by Gasteiger charge is 2.43. The smallest absolute Gasteiger partial charge is 0.340 e. The van der Waals surface area contributed by atoms with E-state index in [-0.39, 0.29) is 25.1 Å². The average Bonchev–Trinajstić information content (AvgIpc) is 2.82. The Morgan fingerprint density at radius 1 is 1.08 bits per heavy atom. The fraction of sp³-hybridized carbons (Fsp3) is 0.636. The average molecular weight is 560 g/mol. The van der Waals surface area contributed by atoms with E-state index in [0.717, 1.165) is 11.8 Å². The fourth-order valence-electron chi connectivity index (χ4n) is 3.46. The number of hydrogen-bond acceptors (Lipinski definition) is 10. The number of allylic oxidation sites excluding steroid dienone is 1. The number of carbonyl (C=O) groups is 6. The molecule has 0 spiro atoms. The van der Waals surface area contributed by atoms with Crippen LogP contribution in [0.3, 0.4) is 0 Å². The molecular formula is C22H37N7O8S. The van der Waals surface area contributed by atoms with Crippen LogP contribution < -0.4 is 38.1 Å². The topological polar surface area (TPSA) is 255 Å². The lowest BCUT2D eigenvalue weighted by atomic mass is 10.1. The number of rotatable bonds is 10. The summed E-state index contributed by atoms with van der Waals surface area (Å²) in [5, 5.41) is 32.1. The van der Waals surface area contributed by atoms with E-state index in [2.05, 4.69) is 33.2 Å². The monoisotopic (exact) mass is 559 g/mol. The second-order valence-electron chi connectivity index (χ2n) is 8.86. The van der Waals surface area contributed by atoms with Gasteiger partial charge in [-0.2, -0.15) is 0 Å². The molecule has 1 saturated heterocycles. The molecule has 0 radical (unpaired) electrons. The highest BCUT2D eigenvalue weighted by atomic mass is 32.2. The van der Waals surface area contributed by atoms with E-state index in [1.807, 2.05) is 0 Å². The molecule has 1 aliphatic heterocycles. The van der Waals surface area contributed by atoms with Gasteiger partial charge in [-0.1, -0.05) is 6.58 Å². The highest BCUT2D eigenvalue weighted by Crippen LogP contribution is 2.30. The number of carboxylic acid groups (broad SMARTS) is 1. The minimum Gasteiger partial charge on any atom is -0.479 e. The number of aliphatic hydroxyl groups is 1. The zero-order chi connectivity index (χ0) is 29.0. The van der Waals surface area contributed by atoms with E-state index in [4.69, 9.17) is 11.5 Å². The van der Waals surface area contributed by atoms with Crippen molar-refractivity contribution in [1.82, 2.24) is 26.6 Å². The number of hydrogen-bond donors (Lipinski definition) is 9. The van der Waals surface area contributed by atoms with Gasteiger partial charge >= 0.3 is 5.97 Å². The van der Waals surface area contributed by atoms with Gasteiger partial charge in [-0.3, -0.25) is 24.0 Å². The molecule has 214 valence electrons. The van der Waals surface area contributed by atoms with Crippen LogP contribution >= 0.6 is 11.8 Å². The molecule has 0 aliphatic carbocycles. The summed E-state index contributed by atoms with van der Waals surface area (Å²) in [4.78, 5) is 73.8. The summed E-state index contributed by atoms with van der Waals surface area (Å²) in [7, 11) is 0. The van der Waals surface area contributed by atoms with Crippen LogP contribution in [0.15, 0.2) is 12.3 Å². The molecule has 38 heavy (non-hydrogen) atoms. The van der Waals surface area contributed by atoms with Gasteiger partial charge in [0, 0.05) is 11.4 Å². The lowest BCUT2D eigenvalue weighted by molar-refractivity contribution is -0.144. The minimum atomic E-state index is -1.99. The molecule has 1 rings (SSSR count). The minimum absolute atomic E-state index is 0.107. The van der Waals surface area contributed by atoms with Gasteiger partial charge in [0.25, 0.3) is 0 Å². The molecule has 0 aromatic rings. The number of aliphatic carboxylic acids is 1. The van der Waals surface area contributed by atoms with E-state index < -0.39 is 77.6 Å². The quantitative estimate of drug-likeness (QED) is 0.119. The summed E-state index contributed by atoms with van der Waals surface area (Å²) < 4.78 is 0. The van der Waals surface area contributed by atoms with E-state index >= 15 is 0 Å². The van der Waals surface area contributed by atoms with Gasteiger partial charge in [-0.15, -0.1) is 11.8 Å². The Morgan fingerprint density at radius 3 is 2.24 bits per heavy atom. The third kappa shape index (κ3) is 9.83. The first kappa shape index (κ1) is 32.7. The van der Waals surface area contributed by atoms with Crippen molar-refractivity contribution in [3.8, 4) is 0 Å². The number of aliphatic hydroxyl groups excluding tert-OH is 1. The summed E-state index contributed by atoms with van der Waals surface area (Å²) in [6, 6.07) is -5.41. The molecule has 5 atom stereocenters. The van der Waals surface area contributed by atoms with Crippen molar-refractivity contribution in [3.63, 3.8) is 0 Å². The van der Waals surface area contributed by atoms with Crippen molar-refractivity contribution in [3.05, 3.63) is 12.3 Å². The fourth-order valence-corrected chi connectivity index (χ4v) is 4.73. The third-order valence-corrected chi connectivity index (χ3v) is 6.97. The number of nitrogens with two attached hydrogens (primary N) is 2. The number of amides is 5. The lowest BCUT2D eigenvalue weighted by Gasteiger charge is -2.33. The molecule has 0 aromatic heterocycles. The molecule has 16 heteroatoms. The molecule has 11 N–H and O–H groups in total. The Hall–Kier alpha value is -3.37. The normalized spacial score (nSPS) is 27.5. The maximum atomic E-state index is 13.2. The Kier molecular flexibility index (Phi) is 13.0. The van der Waals surface area contributed by atoms with Gasteiger partial charge in [-0.05, 0) is 39.7 Å². The van der Waals surface area contributed by atoms with Crippen LogP contribution in [0.2, 0.25) is 0 Å². The van der Waals surface area contributed by atoms with Gasteiger partial charge in [0.1, 0.15) is 24.2 Å². The number of thioether (sulfide) groups is 1. The van der Waals surface area contributed by atoms with Crippen molar-refractivity contribution in [2.45, 2.75) is 68.6 Å². The van der Waals surface area contributed by atoms with Crippen molar-refractivity contribution >= 4 is 47.3 Å². The molecular weight excluding hydrogens is 522 g/mol. The molecule has 0 aromatic carbocycles. The maximum Gasteiger partial charge on any atom is 0.340 e. The molecule has 15 nitrogen and oxygen atoms in total. The highest BCUT2D eigenvalue weighted by molar-refractivity contribution is 8.01. The van der Waals surface area contributed by atoms with Crippen LogP contribution in [0.25, 0.3) is 0 Å². The molecule has 0 bridgehead atoms. The van der Waals surface area contributed by atoms with Crippen molar-refractivity contribution in [2.75, 3.05) is 18.9 Å². The zero-order valence-electron chi connectivity index (χ0n) is 21.4. The van der Waals surface area contributed by atoms with Crippen LogP contribution in [-0.4, -0.2) is 93.7 Å². The molecule has 1 heterocycles. The van der Waals surface area contributed by atoms with Crippen molar-refractivity contribution in [1.29, 1.82) is 0 Å². The van der Waals surface area contributed by atoms with Gasteiger partial charge in [-0.25, -0.2) is 4.79 Å². The Morgan fingerprint density at radius 2 is 1.71 bits per heavy atom.